The molecule has 0 amide bonds. The zero-order valence-electron chi connectivity index (χ0n) is 9.26. The third kappa shape index (κ3) is 1.39. The largest absolute Gasteiger partial charge is 0.472 e. The lowest BCUT2D eigenvalue weighted by Crippen LogP contribution is -2.36. The molecular weight excluding hydrogens is 216 g/mol. The Balaban J connectivity index is 2.24. The molecule has 0 fully saturated rings. The van der Waals surface area contributed by atoms with Crippen molar-refractivity contribution in [2.24, 2.45) is 0 Å². The van der Waals surface area contributed by atoms with Crippen LogP contribution in [-0.4, -0.2) is 5.78 Å². The predicted octanol–water partition coefficient (Wildman–Crippen LogP) is 3.08. The molecule has 0 saturated carbocycles. The summed E-state index contributed by atoms with van der Waals surface area (Å²) in [4.78, 5) is 12.4. The Morgan fingerprint density at radius 2 is 1.71 bits per heavy atom. The average molecular weight is 228 g/mol. The van der Waals surface area contributed by atoms with Gasteiger partial charge >= 0.3 is 0 Å². The SMILES string of the molecule is O=C1CCC=CC1(c1ccoc1)c1ccoc1. The van der Waals surface area contributed by atoms with Gasteiger partial charge in [-0.05, 0) is 18.6 Å². The molecular formula is C14H12O3. The number of hydrogen-bond donors (Lipinski definition) is 0. The first kappa shape index (κ1) is 10.1. The second-order valence-corrected chi connectivity index (χ2v) is 4.20. The van der Waals surface area contributed by atoms with Gasteiger partial charge in [-0.3, -0.25) is 4.79 Å². The van der Waals surface area contributed by atoms with E-state index in [0.717, 1.165) is 17.5 Å². The molecule has 0 N–H and O–H groups in total. The van der Waals surface area contributed by atoms with E-state index in [9.17, 15) is 4.79 Å². The van der Waals surface area contributed by atoms with Gasteiger partial charge in [0.1, 0.15) is 5.41 Å². The summed E-state index contributed by atoms with van der Waals surface area (Å²) in [5.74, 6) is 0.183. The summed E-state index contributed by atoms with van der Waals surface area (Å²) in [7, 11) is 0. The molecule has 0 saturated heterocycles. The number of rotatable bonds is 2. The summed E-state index contributed by atoms with van der Waals surface area (Å²) in [6, 6.07) is 3.67. The lowest BCUT2D eigenvalue weighted by Gasteiger charge is -2.29. The van der Waals surface area contributed by atoms with E-state index in [0.29, 0.717) is 6.42 Å². The molecule has 2 heterocycles. The third-order valence-corrected chi connectivity index (χ3v) is 3.30. The smallest absolute Gasteiger partial charge is 0.152 e. The molecule has 0 aromatic carbocycles. The molecule has 2 aromatic heterocycles. The summed E-state index contributed by atoms with van der Waals surface area (Å²) in [5, 5.41) is 0. The van der Waals surface area contributed by atoms with Crippen LogP contribution in [-0.2, 0) is 10.2 Å². The quantitative estimate of drug-likeness (QED) is 0.742. The van der Waals surface area contributed by atoms with Gasteiger partial charge < -0.3 is 8.83 Å². The van der Waals surface area contributed by atoms with E-state index >= 15 is 0 Å². The predicted molar refractivity (Wildman–Crippen MR) is 61.6 cm³/mol. The first-order chi connectivity index (χ1) is 8.34. The van der Waals surface area contributed by atoms with Crippen LogP contribution in [0.1, 0.15) is 24.0 Å². The minimum absolute atomic E-state index is 0.183. The monoisotopic (exact) mass is 228 g/mol. The lowest BCUT2D eigenvalue weighted by atomic mass is 9.69. The number of ketones is 1. The van der Waals surface area contributed by atoms with Gasteiger partial charge in [0.15, 0.2) is 5.78 Å². The topological polar surface area (TPSA) is 43.4 Å². The number of carbonyl (C=O) groups is 1. The van der Waals surface area contributed by atoms with Gasteiger partial charge in [0.05, 0.1) is 25.1 Å². The normalized spacial score (nSPS) is 18.5. The van der Waals surface area contributed by atoms with E-state index in [1.165, 1.54) is 0 Å². The molecule has 0 radical (unpaired) electrons. The molecule has 0 bridgehead atoms. The highest BCUT2D eigenvalue weighted by Gasteiger charge is 2.41. The van der Waals surface area contributed by atoms with E-state index < -0.39 is 5.41 Å². The maximum absolute atomic E-state index is 12.4. The molecule has 17 heavy (non-hydrogen) atoms. The van der Waals surface area contributed by atoms with E-state index in [2.05, 4.69) is 0 Å². The molecule has 3 heteroatoms. The first-order valence-electron chi connectivity index (χ1n) is 5.60. The van der Waals surface area contributed by atoms with Gasteiger partial charge in [-0.25, -0.2) is 0 Å². The van der Waals surface area contributed by atoms with Crippen LogP contribution in [0.15, 0.2) is 58.2 Å². The Bertz CT molecular complexity index is 498. The molecule has 3 rings (SSSR count). The fourth-order valence-corrected chi connectivity index (χ4v) is 2.42. The fraction of sp³-hybridized carbons (Fsp3) is 0.214. The number of allylic oxidation sites excluding steroid dienone is 2. The summed E-state index contributed by atoms with van der Waals surface area (Å²) in [5.41, 5.74) is 0.998. The summed E-state index contributed by atoms with van der Waals surface area (Å²) in [6.07, 6.45) is 11.8. The minimum atomic E-state index is -0.724. The van der Waals surface area contributed by atoms with Crippen LogP contribution in [0.3, 0.4) is 0 Å². The maximum atomic E-state index is 12.4. The van der Waals surface area contributed by atoms with Crippen molar-refractivity contribution in [3.8, 4) is 0 Å². The van der Waals surface area contributed by atoms with Gasteiger partial charge in [-0.15, -0.1) is 0 Å². The van der Waals surface area contributed by atoms with E-state index in [1.807, 2.05) is 24.3 Å². The molecule has 0 unspecified atom stereocenters. The number of hydrogen-bond acceptors (Lipinski definition) is 3. The highest BCUT2D eigenvalue weighted by atomic mass is 16.3. The Kier molecular flexibility index (Phi) is 2.25. The van der Waals surface area contributed by atoms with Gasteiger partial charge in [-0.1, -0.05) is 12.2 Å². The van der Waals surface area contributed by atoms with Crippen LogP contribution in [0.25, 0.3) is 0 Å². The van der Waals surface area contributed by atoms with Crippen molar-refractivity contribution < 1.29 is 13.6 Å². The third-order valence-electron chi connectivity index (χ3n) is 3.30. The van der Waals surface area contributed by atoms with Gasteiger partial charge in [0, 0.05) is 17.5 Å². The highest BCUT2D eigenvalue weighted by Crippen LogP contribution is 2.39. The summed E-state index contributed by atoms with van der Waals surface area (Å²) >= 11 is 0. The van der Waals surface area contributed by atoms with E-state index in [-0.39, 0.29) is 5.78 Å². The second kappa shape index (κ2) is 3.77. The number of furan rings is 2. The Hall–Kier alpha value is -2.03. The number of carbonyl (C=O) groups excluding carboxylic acids is 1. The second-order valence-electron chi connectivity index (χ2n) is 4.20. The average Bonchev–Trinajstić information content (AvgIpc) is 3.03. The number of Topliss-reactive ketones (excluding diaryl/α,β-unsaturated/α-hetero) is 1. The van der Waals surface area contributed by atoms with Gasteiger partial charge in [0.2, 0.25) is 0 Å². The van der Waals surface area contributed by atoms with Crippen LogP contribution < -0.4 is 0 Å². The fourth-order valence-electron chi connectivity index (χ4n) is 2.42. The molecule has 1 aliphatic rings. The summed E-state index contributed by atoms with van der Waals surface area (Å²) in [6.45, 7) is 0. The van der Waals surface area contributed by atoms with Crippen LogP contribution in [0, 0.1) is 0 Å². The van der Waals surface area contributed by atoms with Crippen LogP contribution in [0.4, 0.5) is 0 Å². The van der Waals surface area contributed by atoms with Crippen molar-refractivity contribution in [2.75, 3.05) is 0 Å². The molecule has 0 atom stereocenters. The Labute approximate surface area is 98.7 Å². The van der Waals surface area contributed by atoms with Crippen LogP contribution >= 0.6 is 0 Å². The maximum Gasteiger partial charge on any atom is 0.152 e. The van der Waals surface area contributed by atoms with Crippen LogP contribution in [0.2, 0.25) is 0 Å². The zero-order chi connectivity index (χ0) is 11.7. The molecule has 86 valence electrons. The lowest BCUT2D eigenvalue weighted by molar-refractivity contribution is -0.122. The Morgan fingerprint density at radius 3 is 2.18 bits per heavy atom. The molecule has 3 nitrogen and oxygen atoms in total. The Morgan fingerprint density at radius 1 is 1.06 bits per heavy atom. The highest BCUT2D eigenvalue weighted by molar-refractivity contribution is 5.96. The summed E-state index contributed by atoms with van der Waals surface area (Å²) < 4.78 is 10.2. The molecule has 0 spiro atoms. The first-order valence-corrected chi connectivity index (χ1v) is 5.60. The van der Waals surface area contributed by atoms with E-state index in [1.54, 1.807) is 25.1 Å². The molecule has 0 aliphatic heterocycles. The van der Waals surface area contributed by atoms with Crippen molar-refractivity contribution >= 4 is 5.78 Å². The van der Waals surface area contributed by atoms with Crippen molar-refractivity contribution in [3.63, 3.8) is 0 Å². The van der Waals surface area contributed by atoms with Crippen molar-refractivity contribution in [3.05, 3.63) is 60.5 Å². The van der Waals surface area contributed by atoms with E-state index in [4.69, 9.17) is 8.83 Å². The van der Waals surface area contributed by atoms with Crippen molar-refractivity contribution in [1.29, 1.82) is 0 Å². The molecule has 1 aliphatic carbocycles. The standard InChI is InChI=1S/C14H12O3/c15-13-3-1-2-6-14(13,11-4-7-16-9-11)12-5-8-17-10-12/h2,4-10H,1,3H2. The van der Waals surface area contributed by atoms with Crippen molar-refractivity contribution in [2.45, 2.75) is 18.3 Å². The van der Waals surface area contributed by atoms with Crippen molar-refractivity contribution in [1.82, 2.24) is 0 Å². The van der Waals surface area contributed by atoms with Crippen LogP contribution in [0.5, 0.6) is 0 Å². The van der Waals surface area contributed by atoms with Gasteiger partial charge in [0.25, 0.3) is 0 Å². The minimum Gasteiger partial charge on any atom is -0.472 e. The zero-order valence-corrected chi connectivity index (χ0v) is 9.26. The van der Waals surface area contributed by atoms with Gasteiger partial charge in [-0.2, -0.15) is 0 Å². The molecule has 2 aromatic rings.